The van der Waals surface area contributed by atoms with E-state index >= 15 is 0 Å². The fraction of sp³-hybridized carbons (Fsp3) is 0.417. The minimum absolute atomic E-state index is 0.0677. The Balaban J connectivity index is 2.44. The Morgan fingerprint density at radius 1 is 1.53 bits per heavy atom. The van der Waals surface area contributed by atoms with Crippen LogP contribution < -0.4 is 5.73 Å². The summed E-state index contributed by atoms with van der Waals surface area (Å²) in [6.45, 7) is 1.89. The molecule has 82 valence electrons. The van der Waals surface area contributed by atoms with E-state index in [1.54, 1.807) is 18.2 Å². The van der Waals surface area contributed by atoms with Crippen LogP contribution in [-0.2, 0) is 11.2 Å². The van der Waals surface area contributed by atoms with Crippen LogP contribution in [0.3, 0.4) is 0 Å². The topological polar surface area (TPSA) is 63.3 Å². The van der Waals surface area contributed by atoms with Crippen LogP contribution in [0.2, 0.25) is 0 Å². The summed E-state index contributed by atoms with van der Waals surface area (Å²) in [6.07, 6.45) is 1.60. The number of hydrogen-bond acceptors (Lipinski definition) is 3. The van der Waals surface area contributed by atoms with Crippen molar-refractivity contribution in [2.45, 2.75) is 32.2 Å². The molecule has 0 saturated heterocycles. The Morgan fingerprint density at radius 3 is 2.87 bits per heavy atom. The van der Waals surface area contributed by atoms with Crippen molar-refractivity contribution in [1.82, 2.24) is 0 Å². The van der Waals surface area contributed by atoms with Gasteiger partial charge in [-0.2, -0.15) is 0 Å². The molecule has 0 aliphatic heterocycles. The highest BCUT2D eigenvalue weighted by molar-refractivity contribution is 5.80. The van der Waals surface area contributed by atoms with Crippen molar-refractivity contribution in [3.63, 3.8) is 0 Å². The van der Waals surface area contributed by atoms with Crippen LogP contribution in [-0.4, -0.2) is 16.9 Å². The normalized spacial score (nSPS) is 12.4. The summed E-state index contributed by atoms with van der Waals surface area (Å²) in [7, 11) is 0. The van der Waals surface area contributed by atoms with Gasteiger partial charge in [0.25, 0.3) is 0 Å². The molecule has 3 N–H and O–H groups in total. The lowest BCUT2D eigenvalue weighted by Gasteiger charge is -2.04. The van der Waals surface area contributed by atoms with Gasteiger partial charge in [-0.1, -0.05) is 12.1 Å². The second kappa shape index (κ2) is 5.51. The van der Waals surface area contributed by atoms with Gasteiger partial charge in [0, 0.05) is 18.9 Å². The third-order valence-corrected chi connectivity index (χ3v) is 2.19. The first-order valence-corrected chi connectivity index (χ1v) is 5.13. The lowest BCUT2D eigenvalue weighted by molar-refractivity contribution is -0.118. The molecule has 0 aliphatic rings. The molecule has 0 amide bonds. The summed E-state index contributed by atoms with van der Waals surface area (Å²) in [5, 5.41) is 9.21. The van der Waals surface area contributed by atoms with E-state index in [-0.39, 0.29) is 17.6 Å². The average Bonchev–Trinajstić information content (AvgIpc) is 2.15. The Bertz CT molecular complexity index is 334. The van der Waals surface area contributed by atoms with E-state index in [0.29, 0.717) is 12.8 Å². The summed E-state index contributed by atoms with van der Waals surface area (Å²) in [5.41, 5.74) is 6.42. The minimum atomic E-state index is 0.0677. The summed E-state index contributed by atoms with van der Waals surface area (Å²) < 4.78 is 0. The van der Waals surface area contributed by atoms with Crippen molar-refractivity contribution in [2.75, 3.05) is 0 Å². The van der Waals surface area contributed by atoms with Gasteiger partial charge >= 0.3 is 0 Å². The third-order valence-electron chi connectivity index (χ3n) is 2.19. The molecule has 3 heteroatoms. The van der Waals surface area contributed by atoms with Crippen LogP contribution in [0.25, 0.3) is 0 Å². The number of ketones is 1. The molecule has 0 aromatic heterocycles. The van der Waals surface area contributed by atoms with E-state index in [0.717, 1.165) is 12.0 Å². The monoisotopic (exact) mass is 207 g/mol. The number of Topliss-reactive ketones (excluding diaryl/α,β-unsaturated/α-hetero) is 1. The summed E-state index contributed by atoms with van der Waals surface area (Å²) in [6, 6.07) is 6.85. The number of carbonyl (C=O) groups excluding carboxylic acids is 1. The summed E-state index contributed by atoms with van der Waals surface area (Å²) >= 11 is 0. The molecule has 1 unspecified atom stereocenters. The lowest BCUT2D eigenvalue weighted by Crippen LogP contribution is -2.16. The molecule has 0 heterocycles. The molecular formula is C12H17NO2. The van der Waals surface area contributed by atoms with Crippen LogP contribution in [0.5, 0.6) is 5.75 Å². The Hall–Kier alpha value is -1.35. The Morgan fingerprint density at radius 2 is 2.27 bits per heavy atom. The van der Waals surface area contributed by atoms with Crippen molar-refractivity contribution < 1.29 is 9.90 Å². The predicted molar refractivity (Wildman–Crippen MR) is 59.7 cm³/mol. The number of nitrogens with two attached hydrogens (primary N) is 1. The van der Waals surface area contributed by atoms with Crippen molar-refractivity contribution in [3.8, 4) is 5.75 Å². The average molecular weight is 207 g/mol. The largest absolute Gasteiger partial charge is 0.508 e. The zero-order valence-corrected chi connectivity index (χ0v) is 8.94. The number of benzene rings is 1. The maximum atomic E-state index is 11.5. The minimum Gasteiger partial charge on any atom is -0.508 e. The Kier molecular flexibility index (Phi) is 4.31. The molecule has 0 fully saturated rings. The van der Waals surface area contributed by atoms with Gasteiger partial charge in [0.15, 0.2) is 0 Å². The number of phenolic OH excluding ortho intramolecular Hbond substituents is 1. The second-order valence-corrected chi connectivity index (χ2v) is 3.90. The van der Waals surface area contributed by atoms with Crippen LogP contribution >= 0.6 is 0 Å². The molecule has 1 aromatic rings. The molecule has 0 aliphatic carbocycles. The van der Waals surface area contributed by atoms with Crippen molar-refractivity contribution in [1.29, 1.82) is 0 Å². The quantitative estimate of drug-likeness (QED) is 0.771. The van der Waals surface area contributed by atoms with Crippen molar-refractivity contribution in [3.05, 3.63) is 29.8 Å². The van der Waals surface area contributed by atoms with Gasteiger partial charge in [-0.3, -0.25) is 4.79 Å². The van der Waals surface area contributed by atoms with Crippen LogP contribution in [0.1, 0.15) is 25.3 Å². The van der Waals surface area contributed by atoms with E-state index < -0.39 is 0 Å². The third kappa shape index (κ3) is 4.61. The maximum absolute atomic E-state index is 11.5. The molecule has 0 radical (unpaired) electrons. The van der Waals surface area contributed by atoms with E-state index in [1.165, 1.54) is 0 Å². The number of rotatable bonds is 5. The summed E-state index contributed by atoms with van der Waals surface area (Å²) in [5.74, 6) is 0.366. The number of aromatic hydroxyl groups is 1. The fourth-order valence-corrected chi connectivity index (χ4v) is 1.37. The van der Waals surface area contributed by atoms with Gasteiger partial charge in [-0.05, 0) is 31.0 Å². The highest BCUT2D eigenvalue weighted by Crippen LogP contribution is 2.12. The molecule has 1 aromatic carbocycles. The van der Waals surface area contributed by atoms with Crippen molar-refractivity contribution >= 4 is 5.78 Å². The highest BCUT2D eigenvalue weighted by atomic mass is 16.3. The molecule has 0 saturated carbocycles. The second-order valence-electron chi connectivity index (χ2n) is 3.90. The van der Waals surface area contributed by atoms with Crippen LogP contribution in [0, 0.1) is 0 Å². The highest BCUT2D eigenvalue weighted by Gasteiger charge is 2.05. The predicted octanol–water partition coefficient (Wildman–Crippen LogP) is 1.63. The molecule has 15 heavy (non-hydrogen) atoms. The van der Waals surface area contributed by atoms with E-state index in [1.807, 2.05) is 13.0 Å². The van der Waals surface area contributed by atoms with Gasteiger partial charge in [0.2, 0.25) is 0 Å². The van der Waals surface area contributed by atoms with Crippen LogP contribution in [0.4, 0.5) is 0 Å². The van der Waals surface area contributed by atoms with Crippen LogP contribution in [0.15, 0.2) is 24.3 Å². The zero-order valence-electron chi connectivity index (χ0n) is 8.94. The first kappa shape index (κ1) is 11.7. The molecular weight excluding hydrogens is 190 g/mol. The van der Waals surface area contributed by atoms with E-state index in [9.17, 15) is 9.90 Å². The molecule has 1 rings (SSSR count). The SMILES string of the molecule is CC(N)CCC(=O)Cc1cccc(O)c1. The fourth-order valence-electron chi connectivity index (χ4n) is 1.37. The molecule has 1 atom stereocenters. The smallest absolute Gasteiger partial charge is 0.137 e. The zero-order chi connectivity index (χ0) is 11.3. The molecule has 0 spiro atoms. The maximum Gasteiger partial charge on any atom is 0.137 e. The molecule has 3 nitrogen and oxygen atoms in total. The van der Waals surface area contributed by atoms with Crippen molar-refractivity contribution in [2.24, 2.45) is 5.73 Å². The number of carbonyl (C=O) groups is 1. The van der Waals surface area contributed by atoms with Gasteiger partial charge < -0.3 is 10.8 Å². The first-order valence-electron chi connectivity index (χ1n) is 5.13. The van der Waals surface area contributed by atoms with Gasteiger partial charge in [0.05, 0.1) is 0 Å². The van der Waals surface area contributed by atoms with E-state index in [2.05, 4.69) is 0 Å². The first-order chi connectivity index (χ1) is 7.08. The van der Waals surface area contributed by atoms with Gasteiger partial charge in [0.1, 0.15) is 11.5 Å². The standard InChI is InChI=1S/C12H17NO2/c1-9(13)5-6-12(15)8-10-3-2-4-11(14)7-10/h2-4,7,9,14H,5-6,8,13H2,1H3. The van der Waals surface area contributed by atoms with Gasteiger partial charge in [-0.25, -0.2) is 0 Å². The summed E-state index contributed by atoms with van der Waals surface area (Å²) in [4.78, 5) is 11.5. The van der Waals surface area contributed by atoms with Gasteiger partial charge in [-0.15, -0.1) is 0 Å². The number of hydrogen-bond donors (Lipinski definition) is 2. The number of phenols is 1. The lowest BCUT2D eigenvalue weighted by atomic mass is 10.0. The van der Waals surface area contributed by atoms with E-state index in [4.69, 9.17) is 5.73 Å². The molecule has 0 bridgehead atoms. The Labute approximate surface area is 89.9 Å².